The van der Waals surface area contributed by atoms with Gasteiger partial charge in [0.15, 0.2) is 0 Å². The molecule has 0 fully saturated rings. The molecule has 0 unspecified atom stereocenters. The quantitative estimate of drug-likeness (QED) is 0.623. The third-order valence-corrected chi connectivity index (χ3v) is 1.99. The van der Waals surface area contributed by atoms with Crippen LogP contribution in [0, 0.1) is 0 Å². The molecule has 0 aliphatic rings. The van der Waals surface area contributed by atoms with Crippen LogP contribution >= 0.6 is 0 Å². The fraction of sp³-hybridized carbons (Fsp3) is 0.167. The number of para-hydroxylation sites is 1. The number of ether oxygens (including phenoxy) is 1. The van der Waals surface area contributed by atoms with E-state index in [-0.39, 0.29) is 11.5 Å². The van der Waals surface area contributed by atoms with Crippen molar-refractivity contribution in [1.82, 2.24) is 0 Å². The Labute approximate surface area is 93.9 Å². The van der Waals surface area contributed by atoms with E-state index in [1.54, 1.807) is 24.3 Å². The number of anilines is 1. The van der Waals surface area contributed by atoms with Crippen LogP contribution in [0.15, 0.2) is 30.8 Å². The molecule has 1 amide bonds. The molecule has 4 nitrogen and oxygen atoms in total. The number of rotatable bonds is 3. The number of hydrogen-bond donors (Lipinski definition) is 1. The molecule has 16 heavy (non-hydrogen) atoms. The van der Waals surface area contributed by atoms with Gasteiger partial charge in [0.25, 0.3) is 0 Å². The van der Waals surface area contributed by atoms with Gasteiger partial charge in [-0.25, -0.2) is 4.79 Å². The van der Waals surface area contributed by atoms with Crippen molar-refractivity contribution < 1.29 is 14.3 Å². The Morgan fingerprint density at radius 1 is 1.31 bits per heavy atom. The van der Waals surface area contributed by atoms with Crippen LogP contribution in [0.25, 0.3) is 5.57 Å². The van der Waals surface area contributed by atoms with Crippen LogP contribution in [0.1, 0.15) is 12.5 Å². The Kier molecular flexibility index (Phi) is 3.83. The lowest BCUT2D eigenvalue weighted by Gasteiger charge is -2.10. The van der Waals surface area contributed by atoms with Crippen molar-refractivity contribution in [3.8, 4) is 0 Å². The van der Waals surface area contributed by atoms with Gasteiger partial charge in [0.05, 0.1) is 12.7 Å². The van der Waals surface area contributed by atoms with Gasteiger partial charge in [-0.15, -0.1) is 0 Å². The lowest BCUT2D eigenvalue weighted by atomic mass is 10.1. The van der Waals surface area contributed by atoms with Crippen LogP contribution in [0.2, 0.25) is 0 Å². The SMILES string of the molecule is C=C(C(=O)OC)c1ccccc1NC(C)=O. The molecule has 0 aliphatic heterocycles. The van der Waals surface area contributed by atoms with Crippen molar-refractivity contribution in [2.75, 3.05) is 12.4 Å². The number of hydrogen-bond acceptors (Lipinski definition) is 3. The summed E-state index contributed by atoms with van der Waals surface area (Å²) in [6.45, 7) is 5.04. The first-order valence-electron chi connectivity index (χ1n) is 4.70. The average molecular weight is 219 g/mol. The summed E-state index contributed by atoms with van der Waals surface area (Å²) in [6.07, 6.45) is 0. The number of nitrogens with one attached hydrogen (secondary N) is 1. The molecule has 0 spiro atoms. The monoisotopic (exact) mass is 219 g/mol. The van der Waals surface area contributed by atoms with Crippen LogP contribution in [0.3, 0.4) is 0 Å². The first-order valence-corrected chi connectivity index (χ1v) is 4.70. The Morgan fingerprint density at radius 3 is 2.50 bits per heavy atom. The maximum Gasteiger partial charge on any atom is 0.337 e. The molecular weight excluding hydrogens is 206 g/mol. The molecule has 0 heterocycles. The van der Waals surface area contributed by atoms with E-state index >= 15 is 0 Å². The fourth-order valence-electron chi connectivity index (χ4n) is 1.28. The highest BCUT2D eigenvalue weighted by Gasteiger charge is 2.13. The predicted molar refractivity (Wildman–Crippen MR) is 61.8 cm³/mol. The zero-order valence-corrected chi connectivity index (χ0v) is 9.24. The number of amides is 1. The Morgan fingerprint density at radius 2 is 1.94 bits per heavy atom. The van der Waals surface area contributed by atoms with Gasteiger partial charge in [-0.2, -0.15) is 0 Å². The second kappa shape index (κ2) is 5.11. The third kappa shape index (κ3) is 2.70. The summed E-state index contributed by atoms with van der Waals surface area (Å²) in [6, 6.07) is 6.92. The van der Waals surface area contributed by atoms with Crippen LogP contribution in [0.4, 0.5) is 5.69 Å². The van der Waals surface area contributed by atoms with Gasteiger partial charge in [-0.05, 0) is 6.07 Å². The standard InChI is InChI=1S/C12H13NO3/c1-8(12(15)16-3)10-6-4-5-7-11(10)13-9(2)14/h4-7H,1H2,2-3H3,(H,13,14). The number of benzene rings is 1. The van der Waals surface area contributed by atoms with Crippen molar-refractivity contribution in [3.63, 3.8) is 0 Å². The van der Waals surface area contributed by atoms with Gasteiger partial charge < -0.3 is 10.1 Å². The average Bonchev–Trinajstić information content (AvgIpc) is 2.27. The number of methoxy groups -OCH3 is 1. The zero-order valence-electron chi connectivity index (χ0n) is 9.24. The first kappa shape index (κ1) is 12.0. The molecule has 0 aromatic heterocycles. The molecule has 1 rings (SSSR count). The summed E-state index contributed by atoms with van der Waals surface area (Å²) in [5, 5.41) is 2.63. The topological polar surface area (TPSA) is 55.4 Å². The molecule has 4 heteroatoms. The molecule has 0 atom stereocenters. The second-order valence-corrected chi connectivity index (χ2v) is 3.20. The van der Waals surface area contributed by atoms with Gasteiger partial charge in [-0.1, -0.05) is 24.8 Å². The fourth-order valence-corrected chi connectivity index (χ4v) is 1.28. The molecule has 0 bridgehead atoms. The van der Waals surface area contributed by atoms with Crippen LogP contribution in [0.5, 0.6) is 0 Å². The van der Waals surface area contributed by atoms with Crippen LogP contribution in [-0.2, 0) is 14.3 Å². The molecule has 0 aliphatic carbocycles. The predicted octanol–water partition coefficient (Wildman–Crippen LogP) is 1.83. The summed E-state index contributed by atoms with van der Waals surface area (Å²) >= 11 is 0. The highest BCUT2D eigenvalue weighted by atomic mass is 16.5. The maximum absolute atomic E-state index is 11.3. The van der Waals surface area contributed by atoms with Gasteiger partial charge in [0.2, 0.25) is 5.91 Å². The van der Waals surface area contributed by atoms with E-state index in [4.69, 9.17) is 0 Å². The van der Waals surface area contributed by atoms with Crippen molar-refractivity contribution in [2.45, 2.75) is 6.92 Å². The van der Waals surface area contributed by atoms with E-state index < -0.39 is 5.97 Å². The van der Waals surface area contributed by atoms with E-state index in [9.17, 15) is 9.59 Å². The molecular formula is C12H13NO3. The molecule has 1 aromatic rings. The molecule has 0 radical (unpaired) electrons. The number of carbonyl (C=O) groups is 2. The highest BCUT2D eigenvalue weighted by Crippen LogP contribution is 2.23. The smallest absolute Gasteiger partial charge is 0.337 e. The molecule has 1 aromatic carbocycles. The minimum atomic E-state index is -0.516. The minimum Gasteiger partial charge on any atom is -0.465 e. The molecule has 0 saturated carbocycles. The molecule has 0 saturated heterocycles. The Balaban J connectivity index is 3.08. The zero-order chi connectivity index (χ0) is 12.1. The largest absolute Gasteiger partial charge is 0.465 e. The van der Waals surface area contributed by atoms with Crippen molar-refractivity contribution in [2.24, 2.45) is 0 Å². The summed E-state index contributed by atoms with van der Waals surface area (Å²) in [5.74, 6) is -0.720. The summed E-state index contributed by atoms with van der Waals surface area (Å²) in [5.41, 5.74) is 1.32. The highest BCUT2D eigenvalue weighted by molar-refractivity contribution is 6.17. The summed E-state index contributed by atoms with van der Waals surface area (Å²) < 4.78 is 4.58. The first-order chi connectivity index (χ1) is 7.56. The van der Waals surface area contributed by atoms with Crippen molar-refractivity contribution >= 4 is 23.1 Å². The number of esters is 1. The van der Waals surface area contributed by atoms with E-state index in [1.807, 2.05) is 0 Å². The van der Waals surface area contributed by atoms with Crippen molar-refractivity contribution in [1.29, 1.82) is 0 Å². The molecule has 1 N–H and O–H groups in total. The lowest BCUT2D eigenvalue weighted by Crippen LogP contribution is -2.10. The Bertz CT molecular complexity index is 438. The Hall–Kier alpha value is -2.10. The second-order valence-electron chi connectivity index (χ2n) is 3.20. The normalized spacial score (nSPS) is 9.38. The van der Waals surface area contributed by atoms with Gasteiger partial charge in [-0.3, -0.25) is 4.79 Å². The van der Waals surface area contributed by atoms with Gasteiger partial charge >= 0.3 is 5.97 Å². The maximum atomic E-state index is 11.3. The van der Waals surface area contributed by atoms with Crippen LogP contribution < -0.4 is 5.32 Å². The van der Waals surface area contributed by atoms with E-state index in [2.05, 4.69) is 16.6 Å². The van der Waals surface area contributed by atoms with Gasteiger partial charge in [0.1, 0.15) is 0 Å². The molecule has 84 valence electrons. The number of carbonyl (C=O) groups excluding carboxylic acids is 2. The van der Waals surface area contributed by atoms with Crippen molar-refractivity contribution in [3.05, 3.63) is 36.4 Å². The van der Waals surface area contributed by atoms with E-state index in [0.717, 1.165) is 0 Å². The summed E-state index contributed by atoms with van der Waals surface area (Å²) in [4.78, 5) is 22.3. The van der Waals surface area contributed by atoms with E-state index in [0.29, 0.717) is 11.3 Å². The van der Waals surface area contributed by atoms with Crippen LogP contribution in [-0.4, -0.2) is 19.0 Å². The summed E-state index contributed by atoms with van der Waals surface area (Å²) in [7, 11) is 1.29. The minimum absolute atomic E-state index is 0.204. The lowest BCUT2D eigenvalue weighted by molar-refractivity contribution is -0.133. The van der Waals surface area contributed by atoms with E-state index in [1.165, 1.54) is 14.0 Å². The van der Waals surface area contributed by atoms with Gasteiger partial charge in [0, 0.05) is 18.2 Å². The third-order valence-electron chi connectivity index (χ3n) is 1.99.